The van der Waals surface area contributed by atoms with E-state index < -0.39 is 10.9 Å². The molecular formula is C15H20N2O4. The smallest absolute Gasteiger partial charge is 0.328 e. The third-order valence-corrected chi connectivity index (χ3v) is 3.31. The molecule has 0 fully saturated rings. The highest BCUT2D eigenvalue weighted by Gasteiger charge is 2.18. The fourth-order valence-electron chi connectivity index (χ4n) is 1.98. The summed E-state index contributed by atoms with van der Waals surface area (Å²) < 4.78 is 0. The van der Waals surface area contributed by atoms with Gasteiger partial charge < -0.3 is 10.0 Å². The first-order chi connectivity index (χ1) is 9.85. The Morgan fingerprint density at radius 2 is 2.19 bits per heavy atom. The van der Waals surface area contributed by atoms with Gasteiger partial charge in [0.1, 0.15) is 5.69 Å². The van der Waals surface area contributed by atoms with Crippen molar-refractivity contribution in [2.75, 3.05) is 18.5 Å². The van der Waals surface area contributed by atoms with E-state index in [0.717, 1.165) is 19.0 Å². The van der Waals surface area contributed by atoms with Gasteiger partial charge in [0, 0.05) is 25.7 Å². The minimum absolute atomic E-state index is 0.0201. The number of anilines is 1. The topological polar surface area (TPSA) is 83.7 Å². The van der Waals surface area contributed by atoms with Crippen molar-refractivity contribution in [3.05, 3.63) is 40.0 Å². The van der Waals surface area contributed by atoms with E-state index in [2.05, 4.69) is 13.8 Å². The predicted octanol–water partition coefficient (Wildman–Crippen LogP) is 3.17. The Morgan fingerprint density at radius 3 is 2.71 bits per heavy atom. The van der Waals surface area contributed by atoms with Crippen LogP contribution in [0.25, 0.3) is 6.08 Å². The van der Waals surface area contributed by atoms with Gasteiger partial charge in [-0.3, -0.25) is 10.1 Å². The van der Waals surface area contributed by atoms with Gasteiger partial charge in [-0.1, -0.05) is 26.3 Å². The Hall–Kier alpha value is -2.37. The third-order valence-electron chi connectivity index (χ3n) is 3.31. The molecule has 0 saturated carbocycles. The number of carboxylic acids is 1. The van der Waals surface area contributed by atoms with Crippen LogP contribution in [0, 0.1) is 16.0 Å². The third kappa shape index (κ3) is 4.91. The monoisotopic (exact) mass is 292 g/mol. The SMILES string of the molecule is CCC(C)CN(C)c1ccc(/C=C/C(=O)O)cc1[N+](=O)[O-]. The molecule has 1 aromatic carbocycles. The highest BCUT2D eigenvalue weighted by Crippen LogP contribution is 2.29. The second kappa shape index (κ2) is 7.42. The Bertz CT molecular complexity index is 555. The fraction of sp³-hybridized carbons (Fsp3) is 0.400. The Kier molecular flexibility index (Phi) is 5.90. The van der Waals surface area contributed by atoms with E-state index >= 15 is 0 Å². The Labute approximate surface area is 123 Å². The summed E-state index contributed by atoms with van der Waals surface area (Å²) in [6.07, 6.45) is 3.30. The van der Waals surface area contributed by atoms with Crippen LogP contribution >= 0.6 is 0 Å². The summed E-state index contributed by atoms with van der Waals surface area (Å²) in [5.74, 6) is -0.656. The van der Waals surface area contributed by atoms with Crippen molar-refractivity contribution in [1.82, 2.24) is 0 Å². The standard InChI is InChI=1S/C15H20N2O4/c1-4-11(2)10-16(3)13-7-5-12(6-8-15(18)19)9-14(13)17(20)21/h5-9,11H,4,10H2,1-3H3,(H,18,19)/b8-6+. The molecule has 6 heteroatoms. The zero-order chi connectivity index (χ0) is 16.0. The number of benzene rings is 1. The van der Waals surface area contributed by atoms with Gasteiger partial charge >= 0.3 is 5.97 Å². The van der Waals surface area contributed by atoms with Crippen LogP contribution in [0.4, 0.5) is 11.4 Å². The van der Waals surface area contributed by atoms with Crippen molar-refractivity contribution in [1.29, 1.82) is 0 Å². The Balaban J connectivity index is 3.10. The van der Waals surface area contributed by atoms with Crippen LogP contribution < -0.4 is 4.90 Å². The largest absolute Gasteiger partial charge is 0.478 e. The van der Waals surface area contributed by atoms with Gasteiger partial charge in [0.25, 0.3) is 5.69 Å². The second-order valence-corrected chi connectivity index (χ2v) is 5.07. The number of nitrogens with zero attached hydrogens (tertiary/aromatic N) is 2. The zero-order valence-corrected chi connectivity index (χ0v) is 12.4. The van der Waals surface area contributed by atoms with Crippen molar-refractivity contribution in [2.45, 2.75) is 20.3 Å². The van der Waals surface area contributed by atoms with E-state index in [4.69, 9.17) is 5.11 Å². The minimum atomic E-state index is -1.09. The highest BCUT2D eigenvalue weighted by atomic mass is 16.6. The van der Waals surface area contributed by atoms with Crippen LogP contribution in [0.3, 0.4) is 0 Å². The van der Waals surface area contributed by atoms with Crippen LogP contribution in [0.2, 0.25) is 0 Å². The molecule has 114 valence electrons. The molecule has 1 aromatic rings. The lowest BCUT2D eigenvalue weighted by Crippen LogP contribution is -2.24. The molecule has 6 nitrogen and oxygen atoms in total. The molecular weight excluding hydrogens is 272 g/mol. The molecule has 1 unspecified atom stereocenters. The first kappa shape index (κ1) is 16.7. The zero-order valence-electron chi connectivity index (χ0n) is 12.4. The number of carboxylic acid groups (broad SMARTS) is 1. The van der Waals surface area contributed by atoms with Crippen LogP contribution in [0.5, 0.6) is 0 Å². The van der Waals surface area contributed by atoms with Gasteiger partial charge in [-0.25, -0.2) is 4.79 Å². The molecule has 0 aliphatic rings. The van der Waals surface area contributed by atoms with Crippen LogP contribution in [0.1, 0.15) is 25.8 Å². The number of hydrogen-bond acceptors (Lipinski definition) is 4. The first-order valence-electron chi connectivity index (χ1n) is 6.75. The number of nitro groups is 1. The molecule has 21 heavy (non-hydrogen) atoms. The van der Waals surface area contributed by atoms with Crippen LogP contribution in [-0.4, -0.2) is 29.6 Å². The number of aliphatic carboxylic acids is 1. The lowest BCUT2D eigenvalue weighted by Gasteiger charge is -2.22. The summed E-state index contributed by atoms with van der Waals surface area (Å²) in [6.45, 7) is 4.89. The molecule has 0 heterocycles. The second-order valence-electron chi connectivity index (χ2n) is 5.07. The molecule has 0 aliphatic heterocycles. The highest BCUT2D eigenvalue weighted by molar-refractivity contribution is 5.85. The molecule has 0 aliphatic carbocycles. The summed E-state index contributed by atoms with van der Waals surface area (Å²) in [5, 5.41) is 19.8. The quantitative estimate of drug-likeness (QED) is 0.474. The minimum Gasteiger partial charge on any atom is -0.478 e. The predicted molar refractivity (Wildman–Crippen MR) is 82.5 cm³/mol. The number of carbonyl (C=O) groups is 1. The number of rotatable bonds is 7. The summed E-state index contributed by atoms with van der Waals surface area (Å²) >= 11 is 0. The summed E-state index contributed by atoms with van der Waals surface area (Å²) in [7, 11) is 1.82. The average molecular weight is 292 g/mol. The summed E-state index contributed by atoms with van der Waals surface area (Å²) in [5.41, 5.74) is 1.01. The van der Waals surface area contributed by atoms with E-state index in [9.17, 15) is 14.9 Å². The molecule has 0 saturated heterocycles. The van der Waals surface area contributed by atoms with Crippen molar-refractivity contribution < 1.29 is 14.8 Å². The average Bonchev–Trinajstić information content (AvgIpc) is 2.44. The van der Waals surface area contributed by atoms with Crippen LogP contribution in [0.15, 0.2) is 24.3 Å². The molecule has 1 rings (SSSR count). The van der Waals surface area contributed by atoms with Gasteiger partial charge in [-0.2, -0.15) is 0 Å². The van der Waals surface area contributed by atoms with Gasteiger partial charge in [-0.15, -0.1) is 0 Å². The molecule has 0 spiro atoms. The molecule has 0 radical (unpaired) electrons. The van der Waals surface area contributed by atoms with Gasteiger partial charge in [0.2, 0.25) is 0 Å². The maximum Gasteiger partial charge on any atom is 0.328 e. The molecule has 0 amide bonds. The lowest BCUT2D eigenvalue weighted by molar-refractivity contribution is -0.384. The van der Waals surface area contributed by atoms with Gasteiger partial charge in [0.05, 0.1) is 4.92 Å². The van der Waals surface area contributed by atoms with Crippen molar-refractivity contribution in [2.24, 2.45) is 5.92 Å². The molecule has 0 bridgehead atoms. The lowest BCUT2D eigenvalue weighted by atomic mass is 10.1. The van der Waals surface area contributed by atoms with E-state index in [0.29, 0.717) is 17.2 Å². The van der Waals surface area contributed by atoms with E-state index in [1.165, 1.54) is 12.1 Å². The molecule has 1 N–H and O–H groups in total. The van der Waals surface area contributed by atoms with Crippen LogP contribution in [-0.2, 0) is 4.79 Å². The molecule has 0 aromatic heterocycles. The fourth-order valence-corrected chi connectivity index (χ4v) is 1.98. The number of nitro benzene ring substituents is 1. The summed E-state index contributed by atoms with van der Waals surface area (Å²) in [4.78, 5) is 23.1. The maximum atomic E-state index is 11.2. The first-order valence-corrected chi connectivity index (χ1v) is 6.75. The molecule has 1 atom stereocenters. The Morgan fingerprint density at radius 1 is 1.52 bits per heavy atom. The van der Waals surface area contributed by atoms with Crippen molar-refractivity contribution >= 4 is 23.4 Å². The number of hydrogen-bond donors (Lipinski definition) is 1. The van der Waals surface area contributed by atoms with E-state index in [1.807, 2.05) is 11.9 Å². The van der Waals surface area contributed by atoms with E-state index in [1.54, 1.807) is 12.1 Å². The maximum absolute atomic E-state index is 11.2. The normalized spacial score (nSPS) is 12.3. The summed E-state index contributed by atoms with van der Waals surface area (Å²) in [6, 6.07) is 4.72. The van der Waals surface area contributed by atoms with Crippen molar-refractivity contribution in [3.8, 4) is 0 Å². The van der Waals surface area contributed by atoms with Gasteiger partial charge in [-0.05, 0) is 23.6 Å². The van der Waals surface area contributed by atoms with Gasteiger partial charge in [0.15, 0.2) is 0 Å². The van der Waals surface area contributed by atoms with E-state index in [-0.39, 0.29) is 5.69 Å². The van der Waals surface area contributed by atoms with Crippen molar-refractivity contribution in [3.63, 3.8) is 0 Å².